The summed E-state index contributed by atoms with van der Waals surface area (Å²) in [7, 11) is 0. The van der Waals surface area contributed by atoms with E-state index >= 15 is 0 Å². The topological polar surface area (TPSA) is 74.6 Å². The molecule has 0 aliphatic rings. The van der Waals surface area contributed by atoms with E-state index in [-0.39, 0.29) is 0 Å². The van der Waals surface area contributed by atoms with E-state index in [1.165, 1.54) is 0 Å². The molecule has 2 unspecified atom stereocenters. The molecule has 4 heteroatoms. The van der Waals surface area contributed by atoms with Crippen molar-refractivity contribution in [3.8, 4) is 0 Å². The first-order valence-electron chi connectivity index (χ1n) is 10.4. The molecule has 2 N–H and O–H groups in total. The van der Waals surface area contributed by atoms with Gasteiger partial charge in [-0.2, -0.15) is 0 Å². The number of aliphatic carboxylic acids is 2. The fraction of sp³-hybridized carbons (Fsp3) is 0.667. The smallest absolute Gasteiger partial charge is 0.314 e. The van der Waals surface area contributed by atoms with Gasteiger partial charge in [0.2, 0.25) is 0 Å². The zero-order valence-corrected chi connectivity index (χ0v) is 18.8. The number of benzene rings is 1. The van der Waals surface area contributed by atoms with Crippen molar-refractivity contribution in [3.63, 3.8) is 0 Å². The molecule has 0 aromatic heterocycles. The number of hydrogen-bond acceptors (Lipinski definition) is 2. The molecule has 0 saturated carbocycles. The first-order chi connectivity index (χ1) is 12.9. The van der Waals surface area contributed by atoms with Crippen LogP contribution in [0.3, 0.4) is 0 Å². The van der Waals surface area contributed by atoms with Gasteiger partial charge in [0.05, 0.1) is 10.8 Å². The maximum Gasteiger partial charge on any atom is 0.314 e. The van der Waals surface area contributed by atoms with Crippen molar-refractivity contribution in [2.45, 2.75) is 91.9 Å². The van der Waals surface area contributed by atoms with E-state index in [1.807, 2.05) is 79.7 Å². The van der Waals surface area contributed by atoms with Gasteiger partial charge in [0.15, 0.2) is 0 Å². The molecule has 0 aliphatic carbocycles. The van der Waals surface area contributed by atoms with E-state index in [0.717, 1.165) is 0 Å². The third-order valence-corrected chi connectivity index (χ3v) is 7.72. The molecule has 0 fully saturated rings. The summed E-state index contributed by atoms with van der Waals surface area (Å²) in [6, 6.07) is 7.34. The summed E-state index contributed by atoms with van der Waals surface area (Å²) in [5, 5.41) is 20.9. The molecule has 2 atom stereocenters. The second-order valence-corrected chi connectivity index (χ2v) is 9.15. The van der Waals surface area contributed by atoms with Gasteiger partial charge in [-0.25, -0.2) is 0 Å². The van der Waals surface area contributed by atoms with Gasteiger partial charge in [-0.1, -0.05) is 79.7 Å². The molecule has 1 aromatic carbocycles. The highest BCUT2D eigenvalue weighted by molar-refractivity contribution is 5.87. The van der Waals surface area contributed by atoms with Crippen LogP contribution in [0, 0.1) is 10.8 Å². The van der Waals surface area contributed by atoms with Gasteiger partial charge in [-0.3, -0.25) is 9.59 Å². The average molecular weight is 391 g/mol. The molecule has 1 aromatic rings. The van der Waals surface area contributed by atoms with Crippen LogP contribution in [0.15, 0.2) is 24.3 Å². The molecule has 1 rings (SSSR count). The van der Waals surface area contributed by atoms with Crippen molar-refractivity contribution in [3.05, 3.63) is 35.4 Å². The fourth-order valence-corrected chi connectivity index (χ4v) is 5.01. The predicted octanol–water partition coefficient (Wildman–Crippen LogP) is 6.02. The third kappa shape index (κ3) is 3.25. The van der Waals surface area contributed by atoms with E-state index in [0.29, 0.717) is 36.8 Å². The first-order valence-corrected chi connectivity index (χ1v) is 10.4. The molecule has 0 spiro atoms. The summed E-state index contributed by atoms with van der Waals surface area (Å²) < 4.78 is 0. The zero-order chi connectivity index (χ0) is 22.0. The van der Waals surface area contributed by atoms with Gasteiger partial charge in [0.25, 0.3) is 0 Å². The quantitative estimate of drug-likeness (QED) is 0.512. The number of carboxylic acids is 2. The second kappa shape index (κ2) is 8.26. The first kappa shape index (κ1) is 24.2. The monoisotopic (exact) mass is 390 g/mol. The fourth-order valence-electron chi connectivity index (χ4n) is 5.01. The molecule has 0 saturated heterocycles. The van der Waals surface area contributed by atoms with Gasteiger partial charge >= 0.3 is 11.9 Å². The summed E-state index contributed by atoms with van der Waals surface area (Å²) in [6.45, 7) is 15.7. The lowest BCUT2D eigenvalue weighted by Gasteiger charge is -2.49. The van der Waals surface area contributed by atoms with Gasteiger partial charge in [-0.15, -0.1) is 0 Å². The Morgan fingerprint density at radius 1 is 0.679 bits per heavy atom. The number of carbonyl (C=O) groups is 2. The minimum Gasteiger partial charge on any atom is -0.481 e. The molecule has 28 heavy (non-hydrogen) atoms. The molecule has 0 bridgehead atoms. The Morgan fingerprint density at radius 3 is 1.14 bits per heavy atom. The van der Waals surface area contributed by atoms with Crippen LogP contribution >= 0.6 is 0 Å². The Morgan fingerprint density at radius 2 is 0.964 bits per heavy atom. The Labute approximate surface area is 170 Å². The molecule has 0 heterocycles. The van der Waals surface area contributed by atoms with Gasteiger partial charge in [0.1, 0.15) is 0 Å². The van der Waals surface area contributed by atoms with E-state index in [1.54, 1.807) is 0 Å². The Bertz CT molecular complexity index is 658. The lowest BCUT2D eigenvalue weighted by Crippen LogP contribution is -2.53. The Balaban J connectivity index is 4.14. The summed E-state index contributed by atoms with van der Waals surface area (Å²) >= 11 is 0. The van der Waals surface area contributed by atoms with E-state index < -0.39 is 33.6 Å². The summed E-state index contributed by atoms with van der Waals surface area (Å²) in [4.78, 5) is 25.5. The number of rotatable bonds is 10. The van der Waals surface area contributed by atoms with E-state index in [9.17, 15) is 19.8 Å². The predicted molar refractivity (Wildman–Crippen MR) is 114 cm³/mol. The molecular formula is C24H38O4. The van der Waals surface area contributed by atoms with Crippen LogP contribution < -0.4 is 0 Å². The maximum atomic E-state index is 12.8. The standard InChI is InChI=1S/C24H38O4/c1-9-21(5,6)23(11-3,19(25)26)17-15-13-14-16-18(17)24(12-4,20(27)28)22(7,8)10-2/h13-16H,9-12H2,1-8H3,(H,25,26)(H,27,28). The Hall–Kier alpha value is -1.84. The average Bonchev–Trinajstić information content (AvgIpc) is 2.63. The van der Waals surface area contributed by atoms with Gasteiger partial charge < -0.3 is 10.2 Å². The molecule has 158 valence electrons. The number of carboxylic acid groups (broad SMARTS) is 2. The molecule has 4 nitrogen and oxygen atoms in total. The highest BCUT2D eigenvalue weighted by atomic mass is 16.4. The van der Waals surface area contributed by atoms with Crippen LogP contribution in [0.25, 0.3) is 0 Å². The maximum absolute atomic E-state index is 12.8. The third-order valence-electron chi connectivity index (χ3n) is 7.72. The molecule has 0 radical (unpaired) electrons. The van der Waals surface area contributed by atoms with Crippen LogP contribution in [-0.4, -0.2) is 22.2 Å². The van der Waals surface area contributed by atoms with Crippen LogP contribution in [0.2, 0.25) is 0 Å². The molecule has 0 amide bonds. The van der Waals surface area contributed by atoms with Crippen molar-refractivity contribution in [2.75, 3.05) is 0 Å². The highest BCUT2D eigenvalue weighted by Gasteiger charge is 2.57. The molecule has 0 aliphatic heterocycles. The van der Waals surface area contributed by atoms with Crippen molar-refractivity contribution in [1.82, 2.24) is 0 Å². The van der Waals surface area contributed by atoms with Gasteiger partial charge in [0, 0.05) is 0 Å². The summed E-state index contributed by atoms with van der Waals surface area (Å²) in [6.07, 6.45) is 2.13. The summed E-state index contributed by atoms with van der Waals surface area (Å²) in [5.41, 5.74) is -2.14. The van der Waals surface area contributed by atoms with Gasteiger partial charge in [-0.05, 0) is 47.6 Å². The van der Waals surface area contributed by atoms with E-state index in [2.05, 4.69) is 0 Å². The molecular weight excluding hydrogens is 352 g/mol. The number of hydrogen-bond donors (Lipinski definition) is 2. The minimum absolute atomic E-state index is 0.395. The summed E-state index contributed by atoms with van der Waals surface area (Å²) in [5.74, 6) is -1.78. The lowest BCUT2D eigenvalue weighted by atomic mass is 9.52. The van der Waals surface area contributed by atoms with Crippen LogP contribution in [0.5, 0.6) is 0 Å². The van der Waals surface area contributed by atoms with E-state index in [4.69, 9.17) is 0 Å². The second-order valence-electron chi connectivity index (χ2n) is 9.15. The van der Waals surface area contributed by atoms with Crippen LogP contribution in [-0.2, 0) is 20.4 Å². The van der Waals surface area contributed by atoms with Crippen molar-refractivity contribution in [1.29, 1.82) is 0 Å². The van der Waals surface area contributed by atoms with Crippen LogP contribution in [0.4, 0.5) is 0 Å². The van der Waals surface area contributed by atoms with Crippen molar-refractivity contribution in [2.24, 2.45) is 10.8 Å². The minimum atomic E-state index is -1.17. The van der Waals surface area contributed by atoms with Crippen molar-refractivity contribution >= 4 is 11.9 Å². The van der Waals surface area contributed by atoms with Crippen LogP contribution in [0.1, 0.15) is 92.2 Å². The highest BCUT2D eigenvalue weighted by Crippen LogP contribution is 2.54. The normalized spacial score (nSPS) is 16.9. The largest absolute Gasteiger partial charge is 0.481 e. The van der Waals surface area contributed by atoms with Crippen molar-refractivity contribution < 1.29 is 19.8 Å². The Kier molecular flexibility index (Phi) is 7.14. The lowest BCUT2D eigenvalue weighted by molar-refractivity contribution is -0.152. The SMILES string of the molecule is CCC(C)(C)C(CC)(C(=O)O)c1ccccc1C(CC)(C(=O)O)C(C)(C)CC. The zero-order valence-electron chi connectivity index (χ0n) is 18.8.